The van der Waals surface area contributed by atoms with Crippen LogP contribution in [0.25, 0.3) is 0 Å². The third-order valence-electron chi connectivity index (χ3n) is 4.72. The number of hydrogen-bond donors (Lipinski definition) is 1. The summed E-state index contributed by atoms with van der Waals surface area (Å²) in [5.41, 5.74) is 0.735. The van der Waals surface area contributed by atoms with Gasteiger partial charge in [0.2, 0.25) is 0 Å². The van der Waals surface area contributed by atoms with E-state index >= 15 is 0 Å². The molecule has 0 aromatic rings. The molecule has 0 atom stereocenters. The summed E-state index contributed by atoms with van der Waals surface area (Å²) < 4.78 is 0. The highest BCUT2D eigenvalue weighted by Crippen LogP contribution is 2.30. The van der Waals surface area contributed by atoms with Gasteiger partial charge in [-0.15, -0.1) is 0 Å². The lowest BCUT2D eigenvalue weighted by Crippen LogP contribution is -2.49. The molecule has 0 aliphatic carbocycles. The molecule has 0 radical (unpaired) electrons. The third-order valence-corrected chi connectivity index (χ3v) is 4.72. The molecule has 0 aliphatic heterocycles. The fraction of sp³-hybridized carbons (Fsp3) is 1.00. The molecular weight excluding hydrogens is 208 g/mol. The Morgan fingerprint density at radius 3 is 1.82 bits per heavy atom. The van der Waals surface area contributed by atoms with E-state index in [2.05, 4.69) is 58.8 Å². The van der Waals surface area contributed by atoms with Gasteiger partial charge in [-0.05, 0) is 52.1 Å². The Balaban J connectivity index is 4.63. The summed E-state index contributed by atoms with van der Waals surface area (Å²) in [6, 6.07) is 0. The van der Waals surface area contributed by atoms with Crippen LogP contribution in [0, 0.1) is 5.41 Å². The van der Waals surface area contributed by atoms with Crippen LogP contribution in [0.5, 0.6) is 0 Å². The van der Waals surface area contributed by atoms with E-state index in [1.165, 1.54) is 25.8 Å². The predicted molar refractivity (Wildman–Crippen MR) is 78.6 cm³/mol. The largest absolute Gasteiger partial charge is 0.316 e. The SMILES string of the molecule is CCNCC(CC)(CC)CN(C)C(C)(C)CC. The van der Waals surface area contributed by atoms with Crippen molar-refractivity contribution in [1.82, 2.24) is 10.2 Å². The average molecular weight is 242 g/mol. The molecule has 104 valence electrons. The second-order valence-corrected chi connectivity index (χ2v) is 6.01. The topological polar surface area (TPSA) is 15.3 Å². The minimum absolute atomic E-state index is 0.307. The summed E-state index contributed by atoms with van der Waals surface area (Å²) in [5, 5.41) is 3.54. The molecule has 0 aliphatic rings. The molecule has 2 heteroatoms. The summed E-state index contributed by atoms with van der Waals surface area (Å²) in [4.78, 5) is 2.54. The maximum absolute atomic E-state index is 3.54. The molecule has 0 aromatic heterocycles. The van der Waals surface area contributed by atoms with Crippen LogP contribution in [0.3, 0.4) is 0 Å². The van der Waals surface area contributed by atoms with Crippen LogP contribution >= 0.6 is 0 Å². The zero-order valence-electron chi connectivity index (χ0n) is 13.2. The first-order chi connectivity index (χ1) is 7.87. The van der Waals surface area contributed by atoms with Crippen LogP contribution in [0.2, 0.25) is 0 Å². The van der Waals surface area contributed by atoms with E-state index in [1.807, 2.05) is 0 Å². The lowest BCUT2D eigenvalue weighted by Gasteiger charge is -2.43. The highest BCUT2D eigenvalue weighted by molar-refractivity contribution is 4.87. The van der Waals surface area contributed by atoms with E-state index < -0.39 is 0 Å². The third kappa shape index (κ3) is 4.97. The highest BCUT2D eigenvalue weighted by Gasteiger charge is 2.31. The molecule has 0 aromatic carbocycles. The van der Waals surface area contributed by atoms with Crippen molar-refractivity contribution in [2.24, 2.45) is 5.41 Å². The molecule has 0 saturated carbocycles. The van der Waals surface area contributed by atoms with Gasteiger partial charge in [-0.3, -0.25) is 0 Å². The first kappa shape index (κ1) is 16.9. The van der Waals surface area contributed by atoms with Crippen LogP contribution in [0.1, 0.15) is 60.8 Å². The van der Waals surface area contributed by atoms with Gasteiger partial charge < -0.3 is 10.2 Å². The van der Waals surface area contributed by atoms with Crippen LogP contribution < -0.4 is 5.32 Å². The number of hydrogen-bond acceptors (Lipinski definition) is 2. The molecule has 0 amide bonds. The van der Waals surface area contributed by atoms with E-state index in [0.29, 0.717) is 11.0 Å². The Labute approximate surface area is 109 Å². The maximum atomic E-state index is 3.54. The number of nitrogens with one attached hydrogen (secondary N) is 1. The van der Waals surface area contributed by atoms with Crippen molar-refractivity contribution >= 4 is 0 Å². The fourth-order valence-corrected chi connectivity index (χ4v) is 2.16. The van der Waals surface area contributed by atoms with Gasteiger partial charge in [-0.25, -0.2) is 0 Å². The van der Waals surface area contributed by atoms with Crippen molar-refractivity contribution in [3.8, 4) is 0 Å². The average Bonchev–Trinajstić information content (AvgIpc) is 2.34. The minimum atomic E-state index is 0.307. The summed E-state index contributed by atoms with van der Waals surface area (Å²) in [6.45, 7) is 17.2. The van der Waals surface area contributed by atoms with Crippen molar-refractivity contribution < 1.29 is 0 Å². The second-order valence-electron chi connectivity index (χ2n) is 6.01. The Morgan fingerprint density at radius 1 is 0.941 bits per heavy atom. The monoisotopic (exact) mass is 242 g/mol. The predicted octanol–water partition coefficient (Wildman–Crippen LogP) is 3.52. The number of nitrogens with zero attached hydrogens (tertiary/aromatic N) is 1. The molecule has 0 unspecified atom stereocenters. The second kappa shape index (κ2) is 7.38. The Hall–Kier alpha value is -0.0800. The molecule has 0 spiro atoms. The van der Waals surface area contributed by atoms with Crippen LogP contribution in [0.4, 0.5) is 0 Å². The summed E-state index contributed by atoms with van der Waals surface area (Å²) in [6.07, 6.45) is 3.70. The zero-order chi connectivity index (χ0) is 13.5. The smallest absolute Gasteiger partial charge is 0.0147 e. The maximum Gasteiger partial charge on any atom is 0.0147 e. The van der Waals surface area contributed by atoms with Gasteiger partial charge in [-0.2, -0.15) is 0 Å². The Bertz CT molecular complexity index is 195. The quantitative estimate of drug-likeness (QED) is 0.665. The zero-order valence-corrected chi connectivity index (χ0v) is 13.2. The number of rotatable bonds is 9. The van der Waals surface area contributed by atoms with Gasteiger partial charge in [-0.1, -0.05) is 27.7 Å². The molecule has 0 bridgehead atoms. The first-order valence-corrected chi connectivity index (χ1v) is 7.29. The molecule has 0 saturated heterocycles. The molecule has 0 heterocycles. The van der Waals surface area contributed by atoms with Crippen LogP contribution in [0.15, 0.2) is 0 Å². The Kier molecular flexibility index (Phi) is 7.34. The standard InChI is InChI=1S/C15H34N2/c1-8-14(5,6)17(7)13-15(9-2,10-3)12-16-11-4/h16H,8-13H2,1-7H3. The van der Waals surface area contributed by atoms with Crippen molar-refractivity contribution in [2.45, 2.75) is 66.3 Å². The van der Waals surface area contributed by atoms with Crippen LogP contribution in [-0.2, 0) is 0 Å². The van der Waals surface area contributed by atoms with E-state index in [0.717, 1.165) is 13.1 Å². The molecule has 2 nitrogen and oxygen atoms in total. The van der Waals surface area contributed by atoms with Gasteiger partial charge in [0.15, 0.2) is 0 Å². The summed E-state index contributed by atoms with van der Waals surface area (Å²) in [5.74, 6) is 0. The van der Waals surface area contributed by atoms with E-state index in [9.17, 15) is 0 Å². The normalized spacial score (nSPS) is 13.4. The van der Waals surface area contributed by atoms with Gasteiger partial charge >= 0.3 is 0 Å². The summed E-state index contributed by atoms with van der Waals surface area (Å²) in [7, 11) is 2.27. The van der Waals surface area contributed by atoms with E-state index in [4.69, 9.17) is 0 Å². The van der Waals surface area contributed by atoms with Crippen molar-refractivity contribution in [2.75, 3.05) is 26.7 Å². The van der Waals surface area contributed by atoms with E-state index in [1.54, 1.807) is 0 Å². The minimum Gasteiger partial charge on any atom is -0.316 e. The van der Waals surface area contributed by atoms with Crippen LogP contribution in [-0.4, -0.2) is 37.1 Å². The van der Waals surface area contributed by atoms with Gasteiger partial charge in [0.1, 0.15) is 0 Å². The fourth-order valence-electron chi connectivity index (χ4n) is 2.16. The van der Waals surface area contributed by atoms with Crippen molar-refractivity contribution in [3.05, 3.63) is 0 Å². The molecule has 17 heavy (non-hydrogen) atoms. The van der Waals surface area contributed by atoms with Gasteiger partial charge in [0, 0.05) is 18.6 Å². The van der Waals surface area contributed by atoms with Gasteiger partial charge in [0.05, 0.1) is 0 Å². The van der Waals surface area contributed by atoms with Gasteiger partial charge in [0.25, 0.3) is 0 Å². The molecule has 1 N–H and O–H groups in total. The first-order valence-electron chi connectivity index (χ1n) is 7.29. The lowest BCUT2D eigenvalue weighted by molar-refractivity contribution is 0.0751. The lowest BCUT2D eigenvalue weighted by atomic mass is 9.80. The van der Waals surface area contributed by atoms with Crippen molar-refractivity contribution in [1.29, 1.82) is 0 Å². The summed E-state index contributed by atoms with van der Waals surface area (Å²) >= 11 is 0. The van der Waals surface area contributed by atoms with Crippen molar-refractivity contribution in [3.63, 3.8) is 0 Å². The molecular formula is C15H34N2. The molecule has 0 rings (SSSR count). The highest BCUT2D eigenvalue weighted by atomic mass is 15.2. The molecule has 0 fully saturated rings. The Morgan fingerprint density at radius 2 is 1.47 bits per heavy atom. The van der Waals surface area contributed by atoms with E-state index in [-0.39, 0.29) is 0 Å².